The molecule has 1 N–H and O–H groups in total. The predicted octanol–water partition coefficient (Wildman–Crippen LogP) is 3.18. The van der Waals surface area contributed by atoms with Crippen LogP contribution in [0.15, 0.2) is 4.47 Å². The summed E-state index contributed by atoms with van der Waals surface area (Å²) in [5, 5.41) is 14.9. The summed E-state index contributed by atoms with van der Waals surface area (Å²) in [6.45, 7) is 9.51. The Bertz CT molecular complexity index is 439. The van der Waals surface area contributed by atoms with Crippen LogP contribution in [0.1, 0.15) is 45.5 Å². The predicted molar refractivity (Wildman–Crippen MR) is 76.6 cm³/mol. The molecular weight excluding hydrogens is 292 g/mol. The molecule has 0 aromatic carbocycles. The summed E-state index contributed by atoms with van der Waals surface area (Å²) in [7, 11) is 0. The second-order valence-electron chi connectivity index (χ2n) is 5.95. The van der Waals surface area contributed by atoms with Crippen LogP contribution in [0.25, 0.3) is 0 Å². The van der Waals surface area contributed by atoms with Crippen LogP contribution in [0.5, 0.6) is 0 Å². The Morgan fingerprint density at radius 3 is 2.56 bits per heavy atom. The third-order valence-corrected chi connectivity index (χ3v) is 5.07. The van der Waals surface area contributed by atoms with Gasteiger partial charge in [-0.2, -0.15) is 5.10 Å². The first-order valence-corrected chi connectivity index (χ1v) is 7.62. The molecule has 1 fully saturated rings. The van der Waals surface area contributed by atoms with Crippen molar-refractivity contribution in [3.8, 4) is 0 Å². The number of aromatic nitrogens is 2. The number of aryl methyl sites for hydroxylation is 2. The fourth-order valence-corrected chi connectivity index (χ4v) is 3.44. The summed E-state index contributed by atoms with van der Waals surface area (Å²) in [5.74, 6) is 0.440. The van der Waals surface area contributed by atoms with Gasteiger partial charge >= 0.3 is 0 Å². The molecule has 2 unspecified atom stereocenters. The van der Waals surface area contributed by atoms with Crippen LogP contribution < -0.4 is 0 Å². The molecule has 0 spiro atoms. The molecule has 3 nitrogen and oxygen atoms in total. The highest BCUT2D eigenvalue weighted by molar-refractivity contribution is 9.10. The first-order valence-electron chi connectivity index (χ1n) is 6.82. The Labute approximate surface area is 118 Å². The van der Waals surface area contributed by atoms with E-state index in [4.69, 9.17) is 0 Å². The molecule has 1 saturated carbocycles. The number of halogens is 1. The van der Waals surface area contributed by atoms with Crippen molar-refractivity contribution >= 4 is 15.9 Å². The van der Waals surface area contributed by atoms with Gasteiger partial charge in [0.2, 0.25) is 0 Å². The van der Waals surface area contributed by atoms with Gasteiger partial charge in [-0.1, -0.05) is 20.8 Å². The number of rotatable bonds is 5. The van der Waals surface area contributed by atoms with E-state index < -0.39 is 0 Å². The highest BCUT2D eigenvalue weighted by atomic mass is 79.9. The smallest absolute Gasteiger partial charge is 0.0766 e. The zero-order valence-corrected chi connectivity index (χ0v) is 13.3. The lowest BCUT2D eigenvalue weighted by molar-refractivity contribution is 0.134. The fraction of sp³-hybridized carbons (Fsp3) is 0.786. The van der Waals surface area contributed by atoms with Crippen LogP contribution in [0.3, 0.4) is 0 Å². The molecular formula is C14H23BrN2O. The Hall–Kier alpha value is -0.350. The molecule has 2 atom stereocenters. The van der Waals surface area contributed by atoms with Gasteiger partial charge in [-0.25, -0.2) is 0 Å². The van der Waals surface area contributed by atoms with Gasteiger partial charge in [-0.15, -0.1) is 0 Å². The lowest BCUT2D eigenvalue weighted by atomic mass is 10.0. The summed E-state index contributed by atoms with van der Waals surface area (Å²) < 4.78 is 3.10. The molecule has 0 aliphatic heterocycles. The quantitative estimate of drug-likeness (QED) is 0.906. The van der Waals surface area contributed by atoms with Gasteiger partial charge in [0, 0.05) is 13.0 Å². The minimum absolute atomic E-state index is 0.247. The van der Waals surface area contributed by atoms with Crippen LogP contribution in [-0.4, -0.2) is 21.0 Å². The van der Waals surface area contributed by atoms with E-state index in [9.17, 15) is 5.11 Å². The summed E-state index contributed by atoms with van der Waals surface area (Å²) in [6, 6.07) is 0. The number of hydrogen-bond donors (Lipinski definition) is 1. The number of nitrogens with zero attached hydrogens (tertiary/aromatic N) is 2. The molecule has 1 aliphatic carbocycles. The minimum Gasteiger partial charge on any atom is -0.392 e. The Morgan fingerprint density at radius 2 is 2.11 bits per heavy atom. The maximum Gasteiger partial charge on any atom is 0.0766 e. The zero-order valence-electron chi connectivity index (χ0n) is 11.7. The lowest BCUT2D eigenvalue weighted by Crippen LogP contribution is -2.19. The number of aliphatic hydroxyl groups is 1. The second-order valence-corrected chi connectivity index (χ2v) is 6.74. The van der Waals surface area contributed by atoms with E-state index in [1.54, 1.807) is 0 Å². The third-order valence-electron chi connectivity index (χ3n) is 4.15. The molecule has 1 aromatic heterocycles. The first-order chi connectivity index (χ1) is 8.40. The van der Waals surface area contributed by atoms with Gasteiger partial charge in [-0.3, -0.25) is 4.68 Å². The molecule has 4 heteroatoms. The number of aliphatic hydroxyl groups excluding tert-OH is 1. The van der Waals surface area contributed by atoms with Crippen molar-refractivity contribution in [1.82, 2.24) is 9.78 Å². The number of hydrogen-bond acceptors (Lipinski definition) is 2. The fourth-order valence-electron chi connectivity index (χ4n) is 2.72. The van der Waals surface area contributed by atoms with Crippen molar-refractivity contribution in [2.45, 2.75) is 59.6 Å². The van der Waals surface area contributed by atoms with Crippen LogP contribution >= 0.6 is 15.9 Å². The van der Waals surface area contributed by atoms with E-state index in [2.05, 4.69) is 48.7 Å². The van der Waals surface area contributed by atoms with Crippen LogP contribution in [-0.2, 0) is 19.4 Å². The molecule has 1 aromatic rings. The van der Waals surface area contributed by atoms with Gasteiger partial charge in [0.05, 0.1) is 22.0 Å². The molecule has 1 aliphatic rings. The van der Waals surface area contributed by atoms with Crippen molar-refractivity contribution in [2.24, 2.45) is 11.3 Å². The summed E-state index contributed by atoms with van der Waals surface area (Å²) in [4.78, 5) is 0. The molecule has 102 valence electrons. The molecule has 1 heterocycles. The van der Waals surface area contributed by atoms with Gasteiger partial charge in [0.1, 0.15) is 0 Å². The van der Waals surface area contributed by atoms with Crippen LogP contribution in [0.4, 0.5) is 0 Å². The average molecular weight is 315 g/mol. The Kier molecular flexibility index (Phi) is 3.88. The van der Waals surface area contributed by atoms with Crippen molar-refractivity contribution in [2.75, 3.05) is 0 Å². The summed E-state index contributed by atoms with van der Waals surface area (Å²) >= 11 is 3.64. The summed E-state index contributed by atoms with van der Waals surface area (Å²) in [5.41, 5.74) is 2.55. The van der Waals surface area contributed by atoms with E-state index in [1.165, 1.54) is 0 Å². The lowest BCUT2D eigenvalue weighted by Gasteiger charge is -2.13. The minimum atomic E-state index is -0.247. The van der Waals surface area contributed by atoms with E-state index in [-0.39, 0.29) is 6.10 Å². The van der Waals surface area contributed by atoms with Gasteiger partial charge in [-0.05, 0) is 47.0 Å². The van der Waals surface area contributed by atoms with Crippen molar-refractivity contribution in [3.63, 3.8) is 0 Å². The van der Waals surface area contributed by atoms with E-state index in [1.807, 2.05) is 4.68 Å². The monoisotopic (exact) mass is 314 g/mol. The Morgan fingerprint density at radius 1 is 1.50 bits per heavy atom. The molecule has 0 bridgehead atoms. The largest absolute Gasteiger partial charge is 0.392 e. The average Bonchev–Trinajstić information content (AvgIpc) is 2.86. The van der Waals surface area contributed by atoms with Gasteiger partial charge in [0.25, 0.3) is 0 Å². The normalized spacial score (nSPS) is 23.1. The first kappa shape index (κ1) is 14.1. The van der Waals surface area contributed by atoms with Gasteiger partial charge < -0.3 is 5.11 Å². The van der Waals surface area contributed by atoms with Crippen LogP contribution in [0, 0.1) is 11.3 Å². The Balaban J connectivity index is 2.15. The maximum atomic E-state index is 10.3. The molecule has 2 rings (SSSR count). The van der Waals surface area contributed by atoms with E-state index in [0.717, 1.165) is 35.2 Å². The van der Waals surface area contributed by atoms with E-state index in [0.29, 0.717) is 17.8 Å². The van der Waals surface area contributed by atoms with E-state index >= 15 is 0 Å². The van der Waals surface area contributed by atoms with Crippen molar-refractivity contribution in [1.29, 1.82) is 0 Å². The standard InChI is InChI=1S/C14H23BrN2O/c1-5-10-13(15)11(17(6-2)16-10)7-12(18)9-8-14(9,3)4/h9,12,18H,5-8H2,1-4H3. The highest BCUT2D eigenvalue weighted by Crippen LogP contribution is 2.54. The van der Waals surface area contributed by atoms with Crippen LogP contribution in [0.2, 0.25) is 0 Å². The third kappa shape index (κ3) is 2.50. The zero-order chi connectivity index (χ0) is 13.5. The molecule has 0 amide bonds. The highest BCUT2D eigenvalue weighted by Gasteiger charge is 2.49. The van der Waals surface area contributed by atoms with Crippen molar-refractivity contribution < 1.29 is 5.11 Å². The second kappa shape index (κ2) is 4.97. The maximum absolute atomic E-state index is 10.3. The molecule has 18 heavy (non-hydrogen) atoms. The molecule has 0 saturated heterocycles. The topological polar surface area (TPSA) is 38.0 Å². The summed E-state index contributed by atoms with van der Waals surface area (Å²) in [6.07, 6.45) is 2.51. The molecule has 0 radical (unpaired) electrons. The van der Waals surface area contributed by atoms with Gasteiger partial charge in [0.15, 0.2) is 0 Å². The SMILES string of the molecule is CCc1nn(CC)c(CC(O)C2CC2(C)C)c1Br. The van der Waals surface area contributed by atoms with Crippen molar-refractivity contribution in [3.05, 3.63) is 15.9 Å².